The number of amides is 1. The molecule has 0 radical (unpaired) electrons. The highest BCUT2D eigenvalue weighted by molar-refractivity contribution is 8.00. The van der Waals surface area contributed by atoms with E-state index in [1.807, 2.05) is 47.9 Å². The van der Waals surface area contributed by atoms with Crippen LogP contribution in [-0.4, -0.2) is 44.6 Å². The first kappa shape index (κ1) is 21.0. The first-order valence-electron chi connectivity index (χ1n) is 9.51. The molecule has 1 amide bonds. The van der Waals surface area contributed by atoms with Gasteiger partial charge in [-0.25, -0.2) is 0 Å². The maximum absolute atomic E-state index is 12.7. The first-order chi connectivity index (χ1) is 14.1. The van der Waals surface area contributed by atoms with Gasteiger partial charge in [-0.2, -0.15) is 0 Å². The molecule has 3 rings (SSSR count). The molecular formula is C21H25N5O2S. The van der Waals surface area contributed by atoms with Crippen molar-refractivity contribution in [1.82, 2.24) is 19.7 Å². The van der Waals surface area contributed by atoms with E-state index < -0.39 is 0 Å². The molecule has 1 aromatic carbocycles. The Bertz CT molecular complexity index is 928. The maximum Gasteiger partial charge on any atom is 0.237 e. The lowest BCUT2D eigenvalue weighted by Crippen LogP contribution is -2.23. The van der Waals surface area contributed by atoms with E-state index >= 15 is 0 Å². The number of methoxy groups -OCH3 is 1. The van der Waals surface area contributed by atoms with E-state index in [9.17, 15) is 4.79 Å². The van der Waals surface area contributed by atoms with Crippen molar-refractivity contribution in [1.29, 1.82) is 0 Å². The number of anilines is 1. The minimum atomic E-state index is -0.336. The van der Waals surface area contributed by atoms with Crippen molar-refractivity contribution in [3.05, 3.63) is 54.4 Å². The summed E-state index contributed by atoms with van der Waals surface area (Å²) in [5, 5.41) is 12.0. The Balaban J connectivity index is 1.73. The second kappa shape index (κ2) is 10.2. The Morgan fingerprint density at radius 2 is 1.90 bits per heavy atom. The number of carbonyl (C=O) groups is 1. The Hall–Kier alpha value is -2.71. The van der Waals surface area contributed by atoms with E-state index in [1.165, 1.54) is 17.3 Å². The predicted octanol–water partition coefficient (Wildman–Crippen LogP) is 3.67. The maximum atomic E-state index is 12.7. The number of aromatic nitrogens is 4. The van der Waals surface area contributed by atoms with Gasteiger partial charge in [-0.1, -0.05) is 30.8 Å². The zero-order chi connectivity index (χ0) is 20.6. The van der Waals surface area contributed by atoms with Crippen molar-refractivity contribution in [2.45, 2.75) is 37.2 Å². The molecule has 1 N–H and O–H groups in total. The molecule has 3 aromatic rings. The molecule has 7 nitrogen and oxygen atoms in total. The van der Waals surface area contributed by atoms with E-state index in [4.69, 9.17) is 4.74 Å². The number of nitrogens with zero attached hydrogens (tertiary/aromatic N) is 4. The zero-order valence-corrected chi connectivity index (χ0v) is 17.6. The van der Waals surface area contributed by atoms with Crippen LogP contribution in [0.5, 0.6) is 0 Å². The smallest absolute Gasteiger partial charge is 0.237 e. The van der Waals surface area contributed by atoms with Crippen molar-refractivity contribution < 1.29 is 9.53 Å². The van der Waals surface area contributed by atoms with E-state index in [0.29, 0.717) is 18.3 Å². The molecule has 2 aromatic heterocycles. The summed E-state index contributed by atoms with van der Waals surface area (Å²) in [5.41, 5.74) is 2.95. The fourth-order valence-corrected chi connectivity index (χ4v) is 3.63. The molecule has 152 valence electrons. The molecule has 1 atom stereocenters. The Morgan fingerprint density at radius 3 is 2.55 bits per heavy atom. The summed E-state index contributed by atoms with van der Waals surface area (Å²) in [6, 6.07) is 11.7. The van der Waals surface area contributed by atoms with Crippen LogP contribution in [0.15, 0.2) is 53.9 Å². The van der Waals surface area contributed by atoms with Crippen molar-refractivity contribution in [3.8, 4) is 11.4 Å². The Morgan fingerprint density at radius 1 is 1.17 bits per heavy atom. The summed E-state index contributed by atoms with van der Waals surface area (Å²) in [6.45, 7) is 5.08. The molecule has 0 bridgehead atoms. The monoisotopic (exact) mass is 411 g/mol. The molecular weight excluding hydrogens is 386 g/mol. The molecule has 0 aliphatic heterocycles. The summed E-state index contributed by atoms with van der Waals surface area (Å²) < 4.78 is 7.21. The molecule has 0 aliphatic carbocycles. The second-order valence-electron chi connectivity index (χ2n) is 6.49. The number of hydrogen-bond acceptors (Lipinski definition) is 6. The summed E-state index contributed by atoms with van der Waals surface area (Å²) in [5.74, 6) is 0.653. The average Bonchev–Trinajstić information content (AvgIpc) is 3.15. The van der Waals surface area contributed by atoms with Crippen LogP contribution in [0.2, 0.25) is 0 Å². The minimum Gasteiger partial charge on any atom is -0.383 e. The normalized spacial score (nSPS) is 12.0. The lowest BCUT2D eigenvalue weighted by molar-refractivity contribution is -0.115. The molecule has 0 unspecified atom stereocenters. The zero-order valence-electron chi connectivity index (χ0n) is 16.8. The van der Waals surface area contributed by atoms with Crippen LogP contribution in [0, 0.1) is 0 Å². The average molecular weight is 412 g/mol. The molecule has 0 fully saturated rings. The van der Waals surface area contributed by atoms with Crippen molar-refractivity contribution in [3.63, 3.8) is 0 Å². The number of aryl methyl sites for hydroxylation is 1. The number of benzene rings is 1. The topological polar surface area (TPSA) is 81.9 Å². The second-order valence-corrected chi connectivity index (χ2v) is 7.79. The third kappa shape index (κ3) is 5.42. The van der Waals surface area contributed by atoms with E-state index in [1.54, 1.807) is 19.5 Å². The van der Waals surface area contributed by atoms with Gasteiger partial charge in [0.2, 0.25) is 5.91 Å². The van der Waals surface area contributed by atoms with Crippen LogP contribution in [0.4, 0.5) is 5.69 Å². The highest BCUT2D eigenvalue weighted by atomic mass is 32.2. The Kier molecular flexibility index (Phi) is 7.37. The third-order valence-electron chi connectivity index (χ3n) is 4.46. The van der Waals surface area contributed by atoms with Crippen molar-refractivity contribution >= 4 is 23.4 Å². The molecule has 8 heteroatoms. The molecule has 0 saturated heterocycles. The van der Waals surface area contributed by atoms with Crippen molar-refractivity contribution in [2.75, 3.05) is 19.0 Å². The number of rotatable bonds is 9. The quantitative estimate of drug-likeness (QED) is 0.541. The van der Waals surface area contributed by atoms with E-state index in [-0.39, 0.29) is 11.2 Å². The van der Waals surface area contributed by atoms with Gasteiger partial charge in [-0.3, -0.25) is 14.3 Å². The van der Waals surface area contributed by atoms with Gasteiger partial charge in [0.05, 0.1) is 18.4 Å². The van der Waals surface area contributed by atoms with E-state index in [0.717, 1.165) is 23.5 Å². The van der Waals surface area contributed by atoms with Gasteiger partial charge < -0.3 is 10.1 Å². The molecule has 0 spiro atoms. The van der Waals surface area contributed by atoms with Crippen LogP contribution < -0.4 is 5.32 Å². The standard InChI is InChI=1S/C21H25N5O2S/c1-4-16-5-7-18(8-6-16)23-20(27)15(2)29-21-25-24-19(26(21)13-14-28-3)17-9-11-22-12-10-17/h5-12,15H,4,13-14H2,1-3H3,(H,23,27)/t15-/m0/s1. The number of thioether (sulfide) groups is 1. The first-order valence-corrected chi connectivity index (χ1v) is 10.4. The van der Waals surface area contributed by atoms with Gasteiger partial charge >= 0.3 is 0 Å². The van der Waals surface area contributed by atoms with Crippen molar-refractivity contribution in [2.24, 2.45) is 0 Å². The molecule has 2 heterocycles. The highest BCUT2D eigenvalue weighted by Crippen LogP contribution is 2.27. The SMILES string of the molecule is CCc1ccc(NC(=O)[C@H](C)Sc2nnc(-c3ccncc3)n2CCOC)cc1. The van der Waals surface area contributed by atoms with Gasteiger partial charge in [-0.05, 0) is 43.2 Å². The number of ether oxygens (including phenoxy) is 1. The van der Waals surface area contributed by atoms with E-state index in [2.05, 4.69) is 27.4 Å². The summed E-state index contributed by atoms with van der Waals surface area (Å²) in [7, 11) is 1.66. The molecule has 0 saturated carbocycles. The minimum absolute atomic E-state index is 0.0778. The van der Waals surface area contributed by atoms with Crippen LogP contribution >= 0.6 is 11.8 Å². The van der Waals surface area contributed by atoms with Gasteiger partial charge in [-0.15, -0.1) is 10.2 Å². The summed E-state index contributed by atoms with van der Waals surface area (Å²) >= 11 is 1.38. The largest absolute Gasteiger partial charge is 0.383 e. The van der Waals surface area contributed by atoms with Gasteiger partial charge in [0.25, 0.3) is 0 Å². The fourth-order valence-electron chi connectivity index (χ4n) is 2.75. The van der Waals surface area contributed by atoms with Crippen LogP contribution in [-0.2, 0) is 22.5 Å². The molecule has 0 aliphatic rings. The number of nitrogens with one attached hydrogen (secondary N) is 1. The van der Waals surface area contributed by atoms with Crippen LogP contribution in [0.3, 0.4) is 0 Å². The van der Waals surface area contributed by atoms with Crippen LogP contribution in [0.1, 0.15) is 19.4 Å². The van der Waals surface area contributed by atoms with Gasteiger partial charge in [0.1, 0.15) is 0 Å². The third-order valence-corrected chi connectivity index (χ3v) is 5.54. The Labute approximate surface area is 174 Å². The number of hydrogen-bond donors (Lipinski definition) is 1. The fraction of sp³-hybridized carbons (Fsp3) is 0.333. The number of carbonyl (C=O) groups excluding carboxylic acids is 1. The molecule has 29 heavy (non-hydrogen) atoms. The number of pyridine rings is 1. The lowest BCUT2D eigenvalue weighted by atomic mass is 10.1. The van der Waals surface area contributed by atoms with Crippen LogP contribution in [0.25, 0.3) is 11.4 Å². The van der Waals surface area contributed by atoms with Gasteiger partial charge in [0, 0.05) is 30.8 Å². The lowest BCUT2D eigenvalue weighted by Gasteiger charge is -2.14. The highest BCUT2D eigenvalue weighted by Gasteiger charge is 2.21. The van der Waals surface area contributed by atoms with Gasteiger partial charge in [0.15, 0.2) is 11.0 Å². The predicted molar refractivity (Wildman–Crippen MR) is 115 cm³/mol. The summed E-state index contributed by atoms with van der Waals surface area (Å²) in [6.07, 6.45) is 4.41. The summed E-state index contributed by atoms with van der Waals surface area (Å²) in [4.78, 5) is 16.7.